The molecule has 0 fully saturated rings. The summed E-state index contributed by atoms with van der Waals surface area (Å²) in [5, 5.41) is 1.41. The van der Waals surface area contributed by atoms with Crippen LogP contribution in [0, 0.1) is 13.8 Å². The third-order valence-corrected chi connectivity index (χ3v) is 6.35. The second kappa shape index (κ2) is 8.57. The van der Waals surface area contributed by atoms with Crippen LogP contribution in [-0.4, -0.2) is 44.5 Å². The van der Waals surface area contributed by atoms with Crippen molar-refractivity contribution < 1.29 is 32.3 Å². The van der Waals surface area contributed by atoms with E-state index in [-0.39, 0.29) is 22.9 Å². The number of methoxy groups -OCH3 is 1. The van der Waals surface area contributed by atoms with Crippen LogP contribution in [-0.2, 0) is 30.8 Å². The lowest BCUT2D eigenvalue weighted by molar-refractivity contribution is -0.119. The number of thiophene rings is 1. The van der Waals surface area contributed by atoms with Gasteiger partial charge in [-0.2, -0.15) is 0 Å². The van der Waals surface area contributed by atoms with Gasteiger partial charge in [0.15, 0.2) is 0 Å². The number of rotatable bonds is 7. The van der Waals surface area contributed by atoms with Crippen LogP contribution in [0.4, 0.5) is 0 Å². The minimum absolute atomic E-state index is 0.124. The summed E-state index contributed by atoms with van der Waals surface area (Å²) in [7, 11) is -3.13. The number of nitrogens with zero attached hydrogens (tertiary/aromatic N) is 1. The molecule has 0 unspecified atom stereocenters. The first-order valence-corrected chi connectivity index (χ1v) is 10.5. The van der Waals surface area contributed by atoms with Gasteiger partial charge in [0, 0.05) is 11.4 Å². The lowest BCUT2D eigenvalue weighted by Gasteiger charge is -2.11. The van der Waals surface area contributed by atoms with Crippen LogP contribution in [0.25, 0.3) is 0 Å². The SMILES string of the molecule is CCOC(=O)c1cc(C)n(CC(=O)NS(=O)(=O)c2ccsc2C(=O)OC)c1C. The summed E-state index contributed by atoms with van der Waals surface area (Å²) in [6, 6.07) is 2.79. The zero-order valence-corrected chi connectivity index (χ0v) is 17.4. The normalized spacial score (nSPS) is 11.1. The molecule has 0 aliphatic heterocycles. The second-order valence-corrected chi connectivity index (χ2v) is 8.29. The summed E-state index contributed by atoms with van der Waals surface area (Å²) in [6.07, 6.45) is 0. The van der Waals surface area contributed by atoms with Gasteiger partial charge in [-0.05, 0) is 38.3 Å². The molecule has 9 nitrogen and oxygen atoms in total. The van der Waals surface area contributed by atoms with Crippen LogP contribution in [0.15, 0.2) is 22.4 Å². The first-order chi connectivity index (χ1) is 13.1. The van der Waals surface area contributed by atoms with Crippen LogP contribution >= 0.6 is 11.3 Å². The number of aromatic nitrogens is 1. The highest BCUT2D eigenvalue weighted by atomic mass is 32.2. The van der Waals surface area contributed by atoms with Crippen LogP contribution in [0.2, 0.25) is 0 Å². The van der Waals surface area contributed by atoms with Crippen molar-refractivity contribution in [3.8, 4) is 0 Å². The van der Waals surface area contributed by atoms with E-state index in [0.29, 0.717) is 17.0 Å². The molecule has 0 saturated heterocycles. The first-order valence-electron chi connectivity index (χ1n) is 8.17. The monoisotopic (exact) mass is 428 g/mol. The van der Waals surface area contributed by atoms with Gasteiger partial charge >= 0.3 is 11.9 Å². The van der Waals surface area contributed by atoms with Crippen molar-refractivity contribution in [1.29, 1.82) is 0 Å². The molecule has 2 rings (SSSR count). The molecular formula is C17H20N2O7S2. The highest BCUT2D eigenvalue weighted by Crippen LogP contribution is 2.23. The quantitative estimate of drug-likeness (QED) is 0.666. The van der Waals surface area contributed by atoms with Gasteiger partial charge in [0.1, 0.15) is 16.3 Å². The zero-order chi connectivity index (χ0) is 21.1. The number of nitrogens with one attached hydrogen (secondary N) is 1. The maximum absolute atomic E-state index is 12.5. The lowest BCUT2D eigenvalue weighted by atomic mass is 10.2. The molecule has 2 aromatic heterocycles. The van der Waals surface area contributed by atoms with E-state index in [1.54, 1.807) is 26.8 Å². The Morgan fingerprint density at radius 1 is 1.21 bits per heavy atom. The first kappa shape index (κ1) is 21.6. The minimum Gasteiger partial charge on any atom is -0.465 e. The maximum atomic E-state index is 12.5. The molecule has 152 valence electrons. The van der Waals surface area contributed by atoms with Crippen molar-refractivity contribution in [2.24, 2.45) is 0 Å². The van der Waals surface area contributed by atoms with Crippen molar-refractivity contribution in [3.05, 3.63) is 39.3 Å². The predicted molar refractivity (Wildman–Crippen MR) is 101 cm³/mol. The molecule has 1 N–H and O–H groups in total. The van der Waals surface area contributed by atoms with E-state index in [1.807, 2.05) is 4.72 Å². The Kier molecular flexibility index (Phi) is 6.62. The van der Waals surface area contributed by atoms with Crippen molar-refractivity contribution in [2.75, 3.05) is 13.7 Å². The fourth-order valence-electron chi connectivity index (χ4n) is 2.59. The highest BCUT2D eigenvalue weighted by Gasteiger charge is 2.27. The predicted octanol–water partition coefficient (Wildman–Crippen LogP) is 1.63. The van der Waals surface area contributed by atoms with Gasteiger partial charge in [-0.3, -0.25) is 4.79 Å². The third kappa shape index (κ3) is 4.42. The summed E-state index contributed by atoms with van der Waals surface area (Å²) >= 11 is 0.895. The molecule has 28 heavy (non-hydrogen) atoms. The fraction of sp³-hybridized carbons (Fsp3) is 0.353. The number of aryl methyl sites for hydroxylation is 1. The van der Waals surface area contributed by atoms with E-state index in [0.717, 1.165) is 18.4 Å². The van der Waals surface area contributed by atoms with Crippen LogP contribution in [0.5, 0.6) is 0 Å². The maximum Gasteiger partial charge on any atom is 0.349 e. The molecule has 0 bridgehead atoms. The Balaban J connectivity index is 2.22. The number of hydrogen-bond donors (Lipinski definition) is 1. The Hall–Kier alpha value is -2.66. The van der Waals surface area contributed by atoms with Gasteiger partial charge in [0.25, 0.3) is 15.9 Å². The number of ether oxygens (including phenoxy) is 2. The Bertz CT molecular complexity index is 1020. The number of carbonyl (C=O) groups is 3. The molecule has 1 amide bonds. The third-order valence-electron chi connectivity index (χ3n) is 3.91. The van der Waals surface area contributed by atoms with Gasteiger partial charge in [0.05, 0.1) is 19.3 Å². The van der Waals surface area contributed by atoms with E-state index in [1.165, 1.54) is 16.0 Å². The van der Waals surface area contributed by atoms with Crippen molar-refractivity contribution in [3.63, 3.8) is 0 Å². The number of amides is 1. The highest BCUT2D eigenvalue weighted by molar-refractivity contribution is 7.90. The van der Waals surface area contributed by atoms with Crippen LogP contribution in [0.1, 0.15) is 38.3 Å². The van der Waals surface area contributed by atoms with E-state index < -0.39 is 27.9 Å². The molecule has 11 heteroatoms. The van der Waals surface area contributed by atoms with E-state index >= 15 is 0 Å². The van der Waals surface area contributed by atoms with E-state index in [2.05, 4.69) is 4.74 Å². The molecule has 0 radical (unpaired) electrons. The summed E-state index contributed by atoms with van der Waals surface area (Å²) in [5.74, 6) is -2.14. The van der Waals surface area contributed by atoms with Gasteiger partial charge in [-0.25, -0.2) is 22.7 Å². The minimum atomic E-state index is -4.26. The van der Waals surface area contributed by atoms with Crippen LogP contribution < -0.4 is 4.72 Å². The molecule has 2 aromatic rings. The summed E-state index contributed by atoms with van der Waals surface area (Å²) < 4.78 is 37.9. The summed E-state index contributed by atoms with van der Waals surface area (Å²) in [5.41, 5.74) is 1.38. The topological polar surface area (TPSA) is 121 Å². The number of carbonyl (C=O) groups excluding carboxylic acids is 3. The molecule has 0 aromatic carbocycles. The fourth-order valence-corrected chi connectivity index (χ4v) is 4.90. The van der Waals surface area contributed by atoms with Gasteiger partial charge < -0.3 is 14.0 Å². The van der Waals surface area contributed by atoms with Gasteiger partial charge in [-0.15, -0.1) is 11.3 Å². The Morgan fingerprint density at radius 3 is 2.50 bits per heavy atom. The molecule has 0 atom stereocenters. The van der Waals surface area contributed by atoms with E-state index in [4.69, 9.17) is 4.74 Å². The average Bonchev–Trinajstić information content (AvgIpc) is 3.22. The number of hydrogen-bond acceptors (Lipinski definition) is 8. The molecule has 0 aliphatic carbocycles. The lowest BCUT2D eigenvalue weighted by Crippen LogP contribution is -2.34. The van der Waals surface area contributed by atoms with Crippen LogP contribution in [0.3, 0.4) is 0 Å². The Morgan fingerprint density at radius 2 is 1.89 bits per heavy atom. The van der Waals surface area contributed by atoms with Crippen molar-refractivity contribution >= 4 is 39.2 Å². The average molecular weight is 428 g/mol. The molecular weight excluding hydrogens is 408 g/mol. The number of esters is 2. The summed E-state index contributed by atoms with van der Waals surface area (Å²) in [4.78, 5) is 35.5. The summed E-state index contributed by atoms with van der Waals surface area (Å²) in [6.45, 7) is 4.89. The molecule has 0 spiro atoms. The smallest absolute Gasteiger partial charge is 0.349 e. The van der Waals surface area contributed by atoms with Crippen molar-refractivity contribution in [2.45, 2.75) is 32.2 Å². The van der Waals surface area contributed by atoms with Gasteiger partial charge in [-0.1, -0.05) is 0 Å². The second-order valence-electron chi connectivity index (χ2n) is 5.73. The Labute approximate surface area is 166 Å². The van der Waals surface area contributed by atoms with Gasteiger partial charge in [0.2, 0.25) is 0 Å². The standard InChI is InChI=1S/C17H20N2O7S2/c1-5-26-16(21)12-8-10(2)19(11(12)3)9-14(20)18-28(23,24)13-6-7-27-15(13)17(22)25-4/h6-8H,5,9H2,1-4H3,(H,18,20). The molecule has 0 saturated carbocycles. The molecule has 0 aliphatic rings. The zero-order valence-electron chi connectivity index (χ0n) is 15.8. The number of sulfonamides is 1. The van der Waals surface area contributed by atoms with Crippen molar-refractivity contribution in [1.82, 2.24) is 9.29 Å². The molecule has 2 heterocycles. The van der Waals surface area contributed by atoms with E-state index in [9.17, 15) is 22.8 Å². The largest absolute Gasteiger partial charge is 0.465 e.